The van der Waals surface area contributed by atoms with Gasteiger partial charge < -0.3 is 29.9 Å². The molecule has 0 radical (unpaired) electrons. The third kappa shape index (κ3) is 3.90. The normalized spacial score (nSPS) is 28.1. The van der Waals surface area contributed by atoms with E-state index in [4.69, 9.17) is 21.1 Å². The van der Waals surface area contributed by atoms with Crippen molar-refractivity contribution in [2.45, 2.75) is 41.7 Å². The van der Waals surface area contributed by atoms with Gasteiger partial charge in [-0.3, -0.25) is 0 Å². The quantitative estimate of drug-likeness (QED) is 0.551. The van der Waals surface area contributed by atoms with Crippen molar-refractivity contribution >= 4 is 23.4 Å². The number of fused-ring (bicyclic) bond motifs is 1. The van der Waals surface area contributed by atoms with Gasteiger partial charge in [0.25, 0.3) is 0 Å². The number of aliphatic hydroxyl groups is 4. The first-order valence-corrected chi connectivity index (χ1v) is 11.2. The third-order valence-corrected chi connectivity index (χ3v) is 7.80. The molecule has 1 saturated heterocycles. The van der Waals surface area contributed by atoms with Gasteiger partial charge in [0.15, 0.2) is 0 Å². The van der Waals surface area contributed by atoms with Crippen molar-refractivity contribution in [3.05, 3.63) is 57.6 Å². The number of hydrogen-bond donors (Lipinski definition) is 4. The molecule has 0 bridgehead atoms. The van der Waals surface area contributed by atoms with E-state index < -0.39 is 28.8 Å². The average Bonchev–Trinajstić information content (AvgIpc) is 3.26. The van der Waals surface area contributed by atoms with Crippen LogP contribution in [0.5, 0.6) is 11.5 Å². The Morgan fingerprint density at radius 3 is 2.53 bits per heavy atom. The standard InChI is InChI=1S/C22H25ClO6S/c1-28-13-4-2-11(3-5-13)8-12-9-15(14-6-7-29-21(14)17(12)23)22-20(27)19(26)18(25)16(10-24)30-22/h2-5,9,16,18-20,22,24-27H,6-8,10H2,1H3/t16-,18-,19+,20-,22+/m1/s1. The lowest BCUT2D eigenvalue weighted by Gasteiger charge is -2.40. The molecule has 0 amide bonds. The number of halogens is 1. The molecule has 0 spiro atoms. The number of aliphatic hydroxyl groups excluding tert-OH is 4. The van der Waals surface area contributed by atoms with Crippen molar-refractivity contribution in [1.82, 2.24) is 0 Å². The van der Waals surface area contributed by atoms with Crippen LogP contribution in [0, 0.1) is 0 Å². The molecule has 8 heteroatoms. The second-order valence-corrected chi connectivity index (χ2v) is 9.38. The van der Waals surface area contributed by atoms with Gasteiger partial charge in [-0.1, -0.05) is 29.8 Å². The molecule has 4 N–H and O–H groups in total. The summed E-state index contributed by atoms with van der Waals surface area (Å²) in [5, 5.41) is 40.3. The van der Waals surface area contributed by atoms with E-state index in [1.165, 1.54) is 11.8 Å². The van der Waals surface area contributed by atoms with Crippen LogP contribution in [0.1, 0.15) is 27.5 Å². The van der Waals surface area contributed by atoms with E-state index >= 15 is 0 Å². The van der Waals surface area contributed by atoms with E-state index in [1.807, 2.05) is 30.3 Å². The Kier molecular flexibility index (Phi) is 6.48. The molecule has 162 valence electrons. The molecule has 0 aromatic heterocycles. The first-order valence-electron chi connectivity index (χ1n) is 9.85. The molecular formula is C22H25ClO6S. The number of methoxy groups -OCH3 is 1. The molecule has 2 aliphatic rings. The van der Waals surface area contributed by atoms with Gasteiger partial charge in [0, 0.05) is 12.0 Å². The first-order chi connectivity index (χ1) is 14.4. The van der Waals surface area contributed by atoms with E-state index in [-0.39, 0.29) is 6.61 Å². The number of hydrogen-bond acceptors (Lipinski definition) is 7. The lowest BCUT2D eigenvalue weighted by Crippen LogP contribution is -2.51. The summed E-state index contributed by atoms with van der Waals surface area (Å²) < 4.78 is 11.0. The monoisotopic (exact) mass is 452 g/mol. The van der Waals surface area contributed by atoms with E-state index in [1.54, 1.807) is 7.11 Å². The predicted molar refractivity (Wildman–Crippen MR) is 116 cm³/mol. The minimum atomic E-state index is -1.34. The second-order valence-electron chi connectivity index (χ2n) is 7.62. The van der Waals surface area contributed by atoms with Crippen molar-refractivity contribution in [2.75, 3.05) is 20.3 Å². The van der Waals surface area contributed by atoms with Crippen LogP contribution in [0.25, 0.3) is 0 Å². The summed E-state index contributed by atoms with van der Waals surface area (Å²) in [7, 11) is 1.62. The Hall–Kier alpha value is -1.48. The van der Waals surface area contributed by atoms with Crippen molar-refractivity contribution in [2.24, 2.45) is 0 Å². The van der Waals surface area contributed by atoms with Gasteiger partial charge in [-0.25, -0.2) is 0 Å². The van der Waals surface area contributed by atoms with Crippen molar-refractivity contribution in [3.8, 4) is 11.5 Å². The van der Waals surface area contributed by atoms with Gasteiger partial charge in [-0.05, 0) is 35.2 Å². The van der Waals surface area contributed by atoms with Gasteiger partial charge in [0.05, 0.1) is 48.1 Å². The molecule has 2 aliphatic heterocycles. The number of benzene rings is 2. The van der Waals surface area contributed by atoms with E-state index in [2.05, 4.69) is 0 Å². The van der Waals surface area contributed by atoms with Crippen LogP contribution in [0.15, 0.2) is 30.3 Å². The molecule has 6 nitrogen and oxygen atoms in total. The van der Waals surface area contributed by atoms with Gasteiger partial charge in [0.2, 0.25) is 0 Å². The van der Waals surface area contributed by atoms with Gasteiger partial charge in [-0.2, -0.15) is 0 Å². The average molecular weight is 453 g/mol. The summed E-state index contributed by atoms with van der Waals surface area (Å²) in [5.41, 5.74) is 3.64. The largest absolute Gasteiger partial charge is 0.497 e. The van der Waals surface area contributed by atoms with E-state index in [0.29, 0.717) is 30.2 Å². The molecule has 0 unspecified atom stereocenters. The van der Waals surface area contributed by atoms with Crippen LogP contribution in [0.3, 0.4) is 0 Å². The van der Waals surface area contributed by atoms with E-state index in [9.17, 15) is 20.4 Å². The van der Waals surface area contributed by atoms with Crippen LogP contribution >= 0.6 is 23.4 Å². The number of thioether (sulfide) groups is 1. The summed E-state index contributed by atoms with van der Waals surface area (Å²) in [6.45, 7) is 0.202. The highest BCUT2D eigenvalue weighted by Crippen LogP contribution is 2.49. The van der Waals surface area contributed by atoms with Gasteiger partial charge in [-0.15, -0.1) is 11.8 Å². The SMILES string of the molecule is COc1ccc(Cc2cc([C@@H]3S[C@H](CO)[C@@H](O)[C@H](O)[C@H]3O)c3c(c2Cl)OCC3)cc1. The molecular weight excluding hydrogens is 428 g/mol. The van der Waals surface area contributed by atoms with Crippen molar-refractivity contribution in [1.29, 1.82) is 0 Å². The molecule has 30 heavy (non-hydrogen) atoms. The topological polar surface area (TPSA) is 99.4 Å². The molecule has 2 aromatic carbocycles. The van der Waals surface area contributed by atoms with Crippen LogP contribution < -0.4 is 9.47 Å². The highest BCUT2D eigenvalue weighted by atomic mass is 35.5. The smallest absolute Gasteiger partial charge is 0.141 e. The summed E-state index contributed by atoms with van der Waals surface area (Å²) in [5.74, 6) is 1.39. The second kappa shape index (κ2) is 8.94. The third-order valence-electron chi connectivity index (χ3n) is 5.78. The van der Waals surface area contributed by atoms with Gasteiger partial charge in [0.1, 0.15) is 17.6 Å². The highest BCUT2D eigenvalue weighted by molar-refractivity contribution is 8.00. The highest BCUT2D eigenvalue weighted by Gasteiger charge is 2.45. The summed E-state index contributed by atoms with van der Waals surface area (Å²) in [4.78, 5) is 0. The first kappa shape index (κ1) is 21.7. The maximum absolute atomic E-state index is 10.7. The Balaban J connectivity index is 1.73. The summed E-state index contributed by atoms with van der Waals surface area (Å²) >= 11 is 7.94. The van der Waals surface area contributed by atoms with Crippen LogP contribution in [-0.4, -0.2) is 64.3 Å². The zero-order valence-corrected chi connectivity index (χ0v) is 18.1. The summed E-state index contributed by atoms with van der Waals surface area (Å²) in [6, 6.07) is 9.67. The maximum Gasteiger partial charge on any atom is 0.141 e. The van der Waals surface area contributed by atoms with Gasteiger partial charge >= 0.3 is 0 Å². The zero-order chi connectivity index (χ0) is 21.4. The van der Waals surface area contributed by atoms with Crippen molar-refractivity contribution in [3.63, 3.8) is 0 Å². The summed E-state index contributed by atoms with van der Waals surface area (Å²) in [6.07, 6.45) is -2.49. The fourth-order valence-corrected chi connectivity index (χ4v) is 5.87. The number of rotatable bonds is 5. The predicted octanol–water partition coefficient (Wildman–Crippen LogP) is 2.11. The minimum Gasteiger partial charge on any atom is -0.497 e. The molecule has 2 heterocycles. The molecule has 1 fully saturated rings. The zero-order valence-electron chi connectivity index (χ0n) is 16.5. The molecule has 2 aromatic rings. The van der Waals surface area contributed by atoms with E-state index in [0.717, 1.165) is 28.0 Å². The Labute approximate surface area is 184 Å². The van der Waals surface area contributed by atoms with Crippen LogP contribution in [0.2, 0.25) is 5.02 Å². The minimum absolute atomic E-state index is 0.295. The van der Waals surface area contributed by atoms with Crippen LogP contribution in [0.4, 0.5) is 0 Å². The maximum atomic E-state index is 10.7. The lowest BCUT2D eigenvalue weighted by molar-refractivity contribution is -0.0701. The molecule has 5 atom stereocenters. The molecule has 4 rings (SSSR count). The van der Waals surface area contributed by atoms with Crippen LogP contribution in [-0.2, 0) is 12.8 Å². The molecule has 0 saturated carbocycles. The Bertz CT molecular complexity index is 903. The number of ether oxygens (including phenoxy) is 2. The fraction of sp³-hybridized carbons (Fsp3) is 0.455. The Morgan fingerprint density at radius 1 is 1.13 bits per heavy atom. The fourth-order valence-electron chi connectivity index (χ4n) is 4.12. The lowest BCUT2D eigenvalue weighted by atomic mass is 9.90. The van der Waals surface area contributed by atoms with Crippen molar-refractivity contribution < 1.29 is 29.9 Å². The Morgan fingerprint density at radius 2 is 1.87 bits per heavy atom. The molecule has 0 aliphatic carbocycles.